The van der Waals surface area contributed by atoms with E-state index in [4.69, 9.17) is 20.4 Å². The molecule has 0 fully saturated rings. The van der Waals surface area contributed by atoms with E-state index < -0.39 is 0 Å². The maximum absolute atomic E-state index is 11.4. The van der Waals surface area contributed by atoms with E-state index in [0.29, 0.717) is 23.8 Å². The SMILES string of the molecule is C/C(=N\N/C=C1/C=CC=CC1=O)c1ccccn1.C/C(=N\N/C=C1/C=CC=CC1=O)c1ccccn1.O.O.[Cl][Ni][Cl].[Zn]. The van der Waals surface area contributed by atoms with Crippen molar-refractivity contribution in [3.8, 4) is 0 Å². The van der Waals surface area contributed by atoms with Crippen LogP contribution in [0.4, 0.5) is 0 Å². The molecule has 6 N–H and O–H groups in total. The fourth-order valence-corrected chi connectivity index (χ4v) is 2.86. The normalized spacial score (nSPS) is 15.3. The van der Waals surface area contributed by atoms with Crippen LogP contribution in [0, 0.1) is 0 Å². The first kappa shape index (κ1) is 40.8. The second-order valence-electron chi connectivity index (χ2n) is 7.49. The second kappa shape index (κ2) is 24.3. The van der Waals surface area contributed by atoms with E-state index in [2.05, 4.69) is 31.0 Å². The zero-order valence-corrected chi connectivity index (χ0v) is 28.2. The zero-order valence-electron chi connectivity index (χ0n) is 22.8. The summed E-state index contributed by atoms with van der Waals surface area (Å²) in [6.07, 6.45) is 20.1. The first-order valence-corrected chi connectivity index (χ1v) is 14.1. The Labute approximate surface area is 271 Å². The first-order chi connectivity index (χ1) is 19.0. The van der Waals surface area contributed by atoms with Gasteiger partial charge in [0.1, 0.15) is 0 Å². The van der Waals surface area contributed by atoms with Crippen molar-refractivity contribution in [2.75, 3.05) is 0 Å². The molecule has 0 saturated carbocycles. The van der Waals surface area contributed by atoms with Crippen molar-refractivity contribution in [3.63, 3.8) is 0 Å². The van der Waals surface area contributed by atoms with Gasteiger partial charge in [-0.1, -0.05) is 36.4 Å². The monoisotopic (exact) mass is 706 g/mol. The molecule has 222 valence electrons. The van der Waals surface area contributed by atoms with Crippen LogP contribution < -0.4 is 10.9 Å². The summed E-state index contributed by atoms with van der Waals surface area (Å²) in [6.45, 7) is 3.71. The molecule has 0 radical (unpaired) electrons. The maximum Gasteiger partial charge on any atom is 0 e. The molecule has 14 heteroatoms. The third-order valence-corrected chi connectivity index (χ3v) is 4.81. The number of pyridine rings is 2. The van der Waals surface area contributed by atoms with Gasteiger partial charge in [0.25, 0.3) is 0 Å². The summed E-state index contributed by atoms with van der Waals surface area (Å²) in [4.78, 5) is 31.2. The van der Waals surface area contributed by atoms with Gasteiger partial charge >= 0.3 is 33.0 Å². The molecule has 0 atom stereocenters. The molecule has 4 rings (SSSR count). The molecule has 10 nitrogen and oxygen atoms in total. The molecule has 2 aromatic heterocycles. The van der Waals surface area contributed by atoms with Crippen molar-refractivity contribution < 1.29 is 52.7 Å². The summed E-state index contributed by atoms with van der Waals surface area (Å²) in [5.74, 6) is -0.0635. The number of halogens is 2. The summed E-state index contributed by atoms with van der Waals surface area (Å²) in [5.41, 5.74) is 9.80. The van der Waals surface area contributed by atoms with E-state index in [-0.39, 0.29) is 42.0 Å². The molecule has 2 aliphatic rings. The van der Waals surface area contributed by atoms with Gasteiger partial charge in [-0.25, -0.2) is 0 Å². The Balaban J connectivity index is 0. The van der Waals surface area contributed by atoms with Gasteiger partial charge in [-0.05, 0) is 62.4 Å². The first-order valence-electron chi connectivity index (χ1n) is 11.4. The number of aromatic nitrogens is 2. The summed E-state index contributed by atoms with van der Waals surface area (Å²) in [5, 5.41) is 8.28. The van der Waals surface area contributed by atoms with Crippen LogP contribution in [0.5, 0.6) is 0 Å². The van der Waals surface area contributed by atoms with Gasteiger partial charge in [-0.2, -0.15) is 10.2 Å². The number of hydrogen-bond donors (Lipinski definition) is 2. The number of ketones is 2. The van der Waals surface area contributed by atoms with Crippen LogP contribution in [-0.2, 0) is 41.7 Å². The number of hydrogen-bond acceptors (Lipinski definition) is 8. The molecule has 0 spiro atoms. The Morgan fingerprint density at radius 3 is 1.38 bits per heavy atom. The number of carbonyl (C=O) groups is 2. The molecule has 0 aliphatic heterocycles. The fraction of sp³-hybridized carbons (Fsp3) is 0.0714. The van der Waals surface area contributed by atoms with Gasteiger partial charge in [0, 0.05) is 55.4 Å². The van der Waals surface area contributed by atoms with Crippen LogP contribution in [0.2, 0.25) is 0 Å². The third kappa shape index (κ3) is 15.6. The van der Waals surface area contributed by atoms with Crippen LogP contribution in [0.15, 0.2) is 131 Å². The number of nitrogens with one attached hydrogen (secondary N) is 2. The number of allylic oxidation sites excluding steroid dienone is 10. The quantitative estimate of drug-likeness (QED) is 0.201. The van der Waals surface area contributed by atoms with Crippen molar-refractivity contribution in [1.82, 2.24) is 20.8 Å². The van der Waals surface area contributed by atoms with Gasteiger partial charge in [-0.3, -0.25) is 30.4 Å². The van der Waals surface area contributed by atoms with Gasteiger partial charge in [0.15, 0.2) is 11.6 Å². The van der Waals surface area contributed by atoms with Crippen molar-refractivity contribution >= 4 is 43.4 Å². The van der Waals surface area contributed by atoms with Gasteiger partial charge in [0.05, 0.1) is 22.8 Å². The number of carbonyl (C=O) groups excluding carboxylic acids is 2. The summed E-state index contributed by atoms with van der Waals surface area (Å²) < 4.78 is 0. The Hall–Kier alpha value is -3.36. The predicted octanol–water partition coefficient (Wildman–Crippen LogP) is 3.67. The van der Waals surface area contributed by atoms with Crippen LogP contribution in [0.25, 0.3) is 0 Å². The minimum atomic E-state index is -0.0318. The largest absolute Gasteiger partial charge is 0 e. The number of rotatable bonds is 6. The Morgan fingerprint density at radius 1 is 0.714 bits per heavy atom. The molecule has 2 aromatic rings. The van der Waals surface area contributed by atoms with Gasteiger partial charge in [-0.15, -0.1) is 0 Å². The average molecular weight is 710 g/mol. The van der Waals surface area contributed by atoms with E-state index in [1.54, 1.807) is 49.1 Å². The molecule has 0 aromatic carbocycles. The molecule has 0 amide bonds. The standard InChI is InChI=1S/2C14H13N3O.2ClH.Ni.2H2O.Zn/c2*1-11(13-7-4-5-9-15-13)17-16-10-12-6-2-3-8-14(12)18;;;;;;/h2*2-10,16H,1H3;2*1H;;2*1H2;/q;;;;+2;;;/p-2/b2*12-10-,17-11+;;;;;;. The van der Waals surface area contributed by atoms with E-state index >= 15 is 0 Å². The molecule has 42 heavy (non-hydrogen) atoms. The predicted molar refractivity (Wildman–Crippen MR) is 161 cm³/mol. The molecule has 0 saturated heterocycles. The van der Waals surface area contributed by atoms with Crippen molar-refractivity contribution in [3.05, 3.63) is 132 Å². The Kier molecular flexibility index (Phi) is 23.5. The van der Waals surface area contributed by atoms with Gasteiger partial charge < -0.3 is 11.0 Å². The number of nitrogens with zero attached hydrogens (tertiary/aromatic N) is 4. The molecular formula is C28H30Cl2N6NiO4Zn. The summed E-state index contributed by atoms with van der Waals surface area (Å²) in [7, 11) is 9.40. The van der Waals surface area contributed by atoms with E-state index in [1.165, 1.54) is 12.2 Å². The third-order valence-electron chi connectivity index (χ3n) is 4.81. The topological polar surface area (TPSA) is 172 Å². The van der Waals surface area contributed by atoms with Crippen molar-refractivity contribution in [2.24, 2.45) is 10.2 Å². The van der Waals surface area contributed by atoms with Gasteiger partial charge in [0.2, 0.25) is 0 Å². The number of hydrazone groups is 2. The summed E-state index contributed by atoms with van der Waals surface area (Å²) >= 11 is 0.569. The Bertz CT molecular complexity index is 1260. The molecule has 0 bridgehead atoms. The maximum atomic E-state index is 11.4. The van der Waals surface area contributed by atoms with Crippen LogP contribution in [0.1, 0.15) is 25.2 Å². The minimum Gasteiger partial charge on any atom is 0 e. The van der Waals surface area contributed by atoms with E-state index in [9.17, 15) is 9.59 Å². The fourth-order valence-electron chi connectivity index (χ4n) is 2.86. The second-order valence-corrected chi connectivity index (χ2v) is 9.12. The molecule has 2 aliphatic carbocycles. The average Bonchev–Trinajstić information content (AvgIpc) is 2.97. The molecular weight excluding hydrogens is 679 g/mol. The smallest absolute Gasteiger partial charge is 0 e. The van der Waals surface area contributed by atoms with Crippen LogP contribution in [-0.4, -0.2) is 43.9 Å². The Morgan fingerprint density at radius 2 is 1.07 bits per heavy atom. The summed E-state index contributed by atoms with van der Waals surface area (Å²) in [6, 6.07) is 11.3. The van der Waals surface area contributed by atoms with Crippen LogP contribution >= 0.6 is 20.4 Å². The molecule has 0 unspecified atom stereocenters. The molecule has 2 heterocycles. The van der Waals surface area contributed by atoms with Crippen molar-refractivity contribution in [2.45, 2.75) is 13.8 Å². The van der Waals surface area contributed by atoms with E-state index in [1.807, 2.05) is 62.4 Å². The minimum absolute atomic E-state index is 0. The van der Waals surface area contributed by atoms with Crippen LogP contribution in [0.3, 0.4) is 0 Å². The van der Waals surface area contributed by atoms with E-state index in [0.717, 1.165) is 22.8 Å². The zero-order chi connectivity index (χ0) is 28.3. The van der Waals surface area contributed by atoms with Crippen molar-refractivity contribution in [1.29, 1.82) is 0 Å².